The lowest BCUT2D eigenvalue weighted by Crippen LogP contribution is -2.12. The maximum Gasteiger partial charge on any atom is 0.312 e. The quantitative estimate of drug-likeness (QED) is 0.0280. The number of ether oxygens (including phenoxy) is 2. The number of rotatable bonds is 22. The zero-order chi connectivity index (χ0) is 32.1. The van der Waals surface area contributed by atoms with Crippen LogP contribution in [0.5, 0.6) is 11.5 Å². The largest absolute Gasteiger partial charge is 0.494 e. The van der Waals surface area contributed by atoms with Crippen LogP contribution in [0.15, 0.2) is 83.0 Å². The second-order valence-corrected chi connectivity index (χ2v) is 11.5. The maximum atomic E-state index is 12.4. The molecule has 0 aromatic heterocycles. The van der Waals surface area contributed by atoms with Crippen molar-refractivity contribution in [2.45, 2.75) is 104 Å². The molecule has 8 nitrogen and oxygen atoms in total. The highest BCUT2D eigenvalue weighted by Crippen LogP contribution is 2.25. The van der Waals surface area contributed by atoms with Crippen LogP contribution in [0.4, 0.5) is 17.1 Å². The molecule has 0 fully saturated rings. The highest BCUT2D eigenvalue weighted by Gasteiger charge is 2.15. The summed E-state index contributed by atoms with van der Waals surface area (Å²) in [7, 11) is 0. The summed E-state index contributed by atoms with van der Waals surface area (Å²) >= 11 is 0. The molecule has 0 spiro atoms. The summed E-state index contributed by atoms with van der Waals surface area (Å²) in [5, 5.41) is 19.4. The van der Waals surface area contributed by atoms with Crippen molar-refractivity contribution < 1.29 is 19.2 Å². The Balaban J connectivity index is 1.27. The summed E-state index contributed by atoms with van der Waals surface area (Å²) in [5.41, 5.74) is 2.11. The number of non-ortho nitro benzene ring substituents is 1. The van der Waals surface area contributed by atoms with Gasteiger partial charge in [0.05, 0.1) is 29.3 Å². The maximum absolute atomic E-state index is 12.4. The van der Waals surface area contributed by atoms with Gasteiger partial charge in [0.15, 0.2) is 0 Å². The zero-order valence-corrected chi connectivity index (χ0v) is 26.9. The van der Waals surface area contributed by atoms with E-state index >= 15 is 0 Å². The molecule has 8 heteroatoms. The van der Waals surface area contributed by atoms with Gasteiger partial charge in [0.1, 0.15) is 11.5 Å². The normalized spacial score (nSPS) is 11.3. The Hall–Kier alpha value is -4.07. The van der Waals surface area contributed by atoms with Crippen LogP contribution < -0.4 is 9.47 Å². The van der Waals surface area contributed by atoms with Crippen molar-refractivity contribution in [1.29, 1.82) is 0 Å². The van der Waals surface area contributed by atoms with E-state index in [9.17, 15) is 14.9 Å². The predicted molar refractivity (Wildman–Crippen MR) is 180 cm³/mol. The number of nitrogens with zero attached hydrogens (tertiary/aromatic N) is 3. The summed E-state index contributed by atoms with van der Waals surface area (Å²) in [6.45, 7) is 4.79. The van der Waals surface area contributed by atoms with E-state index in [1.807, 2.05) is 24.3 Å². The molecule has 3 rings (SSSR count). The van der Waals surface area contributed by atoms with Gasteiger partial charge in [0.2, 0.25) is 0 Å². The van der Waals surface area contributed by atoms with Crippen LogP contribution in [-0.2, 0) is 4.79 Å². The molecule has 0 atom stereocenters. The van der Waals surface area contributed by atoms with Crippen LogP contribution in [0, 0.1) is 16.0 Å². The first-order chi connectivity index (χ1) is 21.9. The molecule has 45 heavy (non-hydrogen) atoms. The number of benzene rings is 3. The lowest BCUT2D eigenvalue weighted by molar-refractivity contribution is -0.384. The molecule has 0 heterocycles. The minimum absolute atomic E-state index is 0.00722. The van der Waals surface area contributed by atoms with Crippen molar-refractivity contribution in [3.8, 4) is 11.5 Å². The number of nitro benzene ring substituents is 1. The smallest absolute Gasteiger partial charge is 0.312 e. The molecule has 0 saturated heterocycles. The zero-order valence-electron chi connectivity index (χ0n) is 26.9. The van der Waals surface area contributed by atoms with Gasteiger partial charge in [-0.15, -0.1) is 0 Å². The number of carbonyl (C=O) groups excluding carboxylic acids is 1. The predicted octanol–water partition coefficient (Wildman–Crippen LogP) is 11.4. The highest BCUT2D eigenvalue weighted by molar-refractivity contribution is 5.75. The van der Waals surface area contributed by atoms with Crippen molar-refractivity contribution in [2.75, 3.05) is 6.61 Å². The molecule has 0 N–H and O–H groups in total. The molecule has 0 aliphatic rings. The molecule has 1 radical (unpaired) electrons. The molecule has 241 valence electrons. The number of carbonyl (C=O) groups is 1. The molecule has 3 aromatic rings. The number of esters is 1. The van der Waals surface area contributed by atoms with E-state index in [4.69, 9.17) is 9.47 Å². The summed E-state index contributed by atoms with van der Waals surface area (Å²) in [6.07, 6.45) is 17.4. The lowest BCUT2D eigenvalue weighted by atomic mass is 9.98. The fourth-order valence-corrected chi connectivity index (χ4v) is 4.97. The van der Waals surface area contributed by atoms with Crippen LogP contribution in [0.25, 0.3) is 0 Å². The average Bonchev–Trinajstić information content (AvgIpc) is 3.05. The number of hydrogen-bond acceptors (Lipinski definition) is 7. The first-order valence-corrected chi connectivity index (χ1v) is 16.5. The second-order valence-electron chi connectivity index (χ2n) is 11.5. The van der Waals surface area contributed by atoms with Gasteiger partial charge < -0.3 is 9.47 Å². The van der Waals surface area contributed by atoms with Crippen molar-refractivity contribution in [3.05, 3.63) is 94.4 Å². The second kappa shape index (κ2) is 20.8. The van der Waals surface area contributed by atoms with Crippen LogP contribution in [0.3, 0.4) is 0 Å². The SMILES string of the molecule is CCCCCCCCCCCCCCCOc1ccc(N=Nc2ccc(OC(=O)C[C](C)c3ccc([N+](=O)[O-])cc3)cc2)cc1. The van der Waals surface area contributed by atoms with Crippen molar-refractivity contribution in [3.63, 3.8) is 0 Å². The van der Waals surface area contributed by atoms with Gasteiger partial charge in [-0.3, -0.25) is 14.9 Å². The van der Waals surface area contributed by atoms with Gasteiger partial charge in [-0.25, -0.2) is 0 Å². The molecule has 0 aliphatic heterocycles. The van der Waals surface area contributed by atoms with E-state index in [-0.39, 0.29) is 12.1 Å². The Labute approximate surface area is 268 Å². The van der Waals surface area contributed by atoms with E-state index < -0.39 is 10.9 Å². The Bertz CT molecular complexity index is 1290. The van der Waals surface area contributed by atoms with Crippen LogP contribution in [0.1, 0.15) is 109 Å². The molecule has 0 bridgehead atoms. The van der Waals surface area contributed by atoms with Crippen molar-refractivity contribution in [2.24, 2.45) is 10.2 Å². The van der Waals surface area contributed by atoms with E-state index in [2.05, 4.69) is 17.2 Å². The van der Waals surface area contributed by atoms with Crippen molar-refractivity contribution >= 4 is 23.0 Å². The van der Waals surface area contributed by atoms with Crippen LogP contribution in [0.2, 0.25) is 0 Å². The number of nitro groups is 1. The minimum Gasteiger partial charge on any atom is -0.494 e. The van der Waals surface area contributed by atoms with Crippen molar-refractivity contribution in [1.82, 2.24) is 0 Å². The Morgan fingerprint density at radius 2 is 1.13 bits per heavy atom. The van der Waals surface area contributed by atoms with Gasteiger partial charge in [-0.1, -0.05) is 103 Å². The van der Waals surface area contributed by atoms with Gasteiger partial charge in [-0.05, 0) is 60.5 Å². The molecule has 0 saturated carbocycles. The summed E-state index contributed by atoms with van der Waals surface area (Å²) < 4.78 is 11.3. The topological polar surface area (TPSA) is 103 Å². The Kier molecular flexibility index (Phi) is 16.4. The van der Waals surface area contributed by atoms with Gasteiger partial charge in [-0.2, -0.15) is 10.2 Å². The van der Waals surface area contributed by atoms with E-state index in [0.29, 0.717) is 11.4 Å². The number of azo groups is 1. The third kappa shape index (κ3) is 14.5. The monoisotopic (exact) mass is 614 g/mol. The van der Waals surface area contributed by atoms with Gasteiger partial charge in [0, 0.05) is 18.1 Å². The van der Waals surface area contributed by atoms with Crippen LogP contribution >= 0.6 is 0 Å². The van der Waals surface area contributed by atoms with Gasteiger partial charge in [0.25, 0.3) is 5.69 Å². The molecule has 0 amide bonds. The van der Waals surface area contributed by atoms with E-state index in [1.165, 1.54) is 89.2 Å². The highest BCUT2D eigenvalue weighted by atomic mass is 16.6. The number of hydrogen-bond donors (Lipinski definition) is 0. The van der Waals surface area contributed by atoms with Crippen LogP contribution in [-0.4, -0.2) is 17.5 Å². The Morgan fingerprint density at radius 3 is 1.62 bits per heavy atom. The Morgan fingerprint density at radius 1 is 0.667 bits per heavy atom. The first-order valence-electron chi connectivity index (χ1n) is 16.5. The summed E-state index contributed by atoms with van der Waals surface area (Å²) in [5.74, 6) is 1.58. The molecular weight excluding hydrogens is 566 g/mol. The standard InChI is InChI=1S/C37H48N3O5/c1-3-4-5-6-7-8-9-10-11-12-13-14-15-28-44-35-24-18-32(19-25-35)38-39-33-20-26-36(27-21-33)45-37(41)29-30(2)31-16-22-34(23-17-31)40(42)43/h16-27H,3-15,28-29H2,1-2H3. The van der Waals surface area contributed by atoms with E-state index in [0.717, 1.165) is 35.9 Å². The molecular formula is C37H48N3O5. The average molecular weight is 615 g/mol. The minimum atomic E-state index is -0.455. The molecule has 0 aliphatic carbocycles. The lowest BCUT2D eigenvalue weighted by Gasteiger charge is -2.10. The van der Waals surface area contributed by atoms with Gasteiger partial charge >= 0.3 is 5.97 Å². The molecule has 0 unspecified atom stereocenters. The summed E-state index contributed by atoms with van der Waals surface area (Å²) in [4.78, 5) is 22.8. The summed E-state index contributed by atoms with van der Waals surface area (Å²) in [6, 6.07) is 20.5. The molecule has 3 aromatic carbocycles. The number of unbranched alkanes of at least 4 members (excludes halogenated alkanes) is 12. The first kappa shape index (κ1) is 35.4. The fourth-order valence-electron chi connectivity index (χ4n) is 4.97. The third-order valence-electron chi connectivity index (χ3n) is 7.68. The fraction of sp³-hybridized carbons (Fsp3) is 0.459. The van der Waals surface area contributed by atoms with E-state index in [1.54, 1.807) is 43.3 Å². The third-order valence-corrected chi connectivity index (χ3v) is 7.68.